The molecule has 2 rings (SSSR count). The van der Waals surface area contributed by atoms with Crippen molar-refractivity contribution in [3.63, 3.8) is 0 Å². The first-order chi connectivity index (χ1) is 7.67. The molecule has 0 aliphatic carbocycles. The van der Waals surface area contributed by atoms with Crippen LogP contribution >= 0.6 is 15.9 Å². The molecule has 4 nitrogen and oxygen atoms in total. The number of aromatic amines is 1. The van der Waals surface area contributed by atoms with Crippen LogP contribution in [0.15, 0.2) is 22.8 Å². The summed E-state index contributed by atoms with van der Waals surface area (Å²) in [6, 6.07) is 3.69. The fourth-order valence-corrected chi connectivity index (χ4v) is 2.06. The van der Waals surface area contributed by atoms with Crippen LogP contribution in [0.2, 0.25) is 0 Å². The van der Waals surface area contributed by atoms with Gasteiger partial charge < -0.3 is 14.5 Å². The van der Waals surface area contributed by atoms with Gasteiger partial charge >= 0.3 is 5.97 Å². The van der Waals surface area contributed by atoms with Gasteiger partial charge in [-0.3, -0.25) is 0 Å². The van der Waals surface area contributed by atoms with Crippen molar-refractivity contribution in [3.05, 3.63) is 28.4 Å². The van der Waals surface area contributed by atoms with E-state index in [9.17, 15) is 4.79 Å². The molecule has 0 amide bonds. The van der Waals surface area contributed by atoms with Crippen LogP contribution < -0.4 is 4.74 Å². The number of carbonyl (C=O) groups is 1. The van der Waals surface area contributed by atoms with Crippen LogP contribution in [-0.4, -0.2) is 25.2 Å². The zero-order valence-electron chi connectivity index (χ0n) is 8.83. The van der Waals surface area contributed by atoms with Crippen molar-refractivity contribution in [3.8, 4) is 5.75 Å². The minimum atomic E-state index is -0.383. The molecule has 1 aromatic heterocycles. The van der Waals surface area contributed by atoms with E-state index in [2.05, 4.69) is 20.9 Å². The Morgan fingerprint density at radius 3 is 2.75 bits per heavy atom. The topological polar surface area (TPSA) is 51.3 Å². The lowest BCUT2D eigenvalue weighted by Crippen LogP contribution is -2.00. The average Bonchev–Trinajstić information content (AvgIpc) is 2.70. The smallest absolute Gasteiger partial charge is 0.340 e. The Bertz CT molecular complexity index is 547. The number of ether oxygens (including phenoxy) is 2. The highest BCUT2D eigenvalue weighted by Crippen LogP contribution is 2.32. The molecule has 1 heterocycles. The molecular weight excluding hydrogens is 274 g/mol. The van der Waals surface area contributed by atoms with E-state index in [0.29, 0.717) is 11.3 Å². The Morgan fingerprint density at radius 1 is 1.38 bits per heavy atom. The molecule has 5 heteroatoms. The number of nitrogens with one attached hydrogen (secondary N) is 1. The molecule has 0 unspecified atom stereocenters. The predicted octanol–water partition coefficient (Wildman–Crippen LogP) is 2.73. The van der Waals surface area contributed by atoms with Crippen LogP contribution in [0.25, 0.3) is 10.9 Å². The molecule has 1 N–H and O–H groups in total. The first-order valence-corrected chi connectivity index (χ1v) is 5.39. The van der Waals surface area contributed by atoms with E-state index in [0.717, 1.165) is 15.4 Å². The minimum Gasteiger partial charge on any atom is -0.496 e. The fraction of sp³-hybridized carbons (Fsp3) is 0.182. The van der Waals surface area contributed by atoms with Crippen LogP contribution in [0.3, 0.4) is 0 Å². The molecule has 0 bridgehead atoms. The number of carbonyl (C=O) groups excluding carboxylic acids is 1. The number of fused-ring (bicyclic) bond motifs is 1. The highest BCUT2D eigenvalue weighted by molar-refractivity contribution is 9.10. The third-order valence-corrected chi connectivity index (χ3v) is 2.79. The van der Waals surface area contributed by atoms with Gasteiger partial charge in [-0.25, -0.2) is 4.79 Å². The number of aromatic nitrogens is 1. The van der Waals surface area contributed by atoms with Gasteiger partial charge in [-0.05, 0) is 12.1 Å². The van der Waals surface area contributed by atoms with Crippen molar-refractivity contribution in [2.75, 3.05) is 14.2 Å². The second-order valence-corrected chi connectivity index (χ2v) is 4.14. The number of methoxy groups -OCH3 is 2. The van der Waals surface area contributed by atoms with E-state index in [1.165, 1.54) is 7.11 Å². The lowest BCUT2D eigenvalue weighted by molar-refractivity contribution is 0.0603. The maximum absolute atomic E-state index is 11.5. The zero-order chi connectivity index (χ0) is 11.7. The van der Waals surface area contributed by atoms with E-state index in [4.69, 9.17) is 9.47 Å². The molecular formula is C11H10BrNO3. The van der Waals surface area contributed by atoms with E-state index >= 15 is 0 Å². The summed E-state index contributed by atoms with van der Waals surface area (Å²) in [7, 11) is 2.92. The first kappa shape index (κ1) is 11.0. The van der Waals surface area contributed by atoms with Crippen LogP contribution in [0.5, 0.6) is 5.75 Å². The maximum atomic E-state index is 11.5. The number of hydrogen-bond acceptors (Lipinski definition) is 3. The van der Waals surface area contributed by atoms with Gasteiger partial charge in [0.25, 0.3) is 0 Å². The highest BCUT2D eigenvalue weighted by Gasteiger charge is 2.16. The minimum absolute atomic E-state index is 0.383. The van der Waals surface area contributed by atoms with Crippen LogP contribution in [0.1, 0.15) is 10.4 Å². The number of rotatable bonds is 2. The zero-order valence-corrected chi connectivity index (χ0v) is 10.4. The second-order valence-electron chi connectivity index (χ2n) is 3.22. The summed E-state index contributed by atoms with van der Waals surface area (Å²) >= 11 is 3.37. The van der Waals surface area contributed by atoms with Gasteiger partial charge in [-0.2, -0.15) is 0 Å². The van der Waals surface area contributed by atoms with Gasteiger partial charge in [0.2, 0.25) is 0 Å². The van der Waals surface area contributed by atoms with E-state index in [-0.39, 0.29) is 5.97 Å². The molecule has 16 heavy (non-hydrogen) atoms. The Kier molecular flexibility index (Phi) is 2.87. The van der Waals surface area contributed by atoms with Gasteiger partial charge in [-0.1, -0.05) is 15.9 Å². The van der Waals surface area contributed by atoms with E-state index in [1.807, 2.05) is 12.1 Å². The molecule has 0 fully saturated rings. The highest BCUT2D eigenvalue weighted by atomic mass is 79.9. The molecule has 0 saturated heterocycles. The van der Waals surface area contributed by atoms with Gasteiger partial charge in [0.1, 0.15) is 5.75 Å². The fourth-order valence-electron chi connectivity index (χ4n) is 1.63. The Labute approximate surface area is 101 Å². The molecule has 0 aliphatic heterocycles. The van der Waals surface area contributed by atoms with Crippen LogP contribution in [-0.2, 0) is 4.74 Å². The first-order valence-electron chi connectivity index (χ1n) is 4.60. The number of halogens is 1. The lowest BCUT2D eigenvalue weighted by atomic mass is 10.1. The second kappa shape index (κ2) is 4.17. The monoisotopic (exact) mass is 283 g/mol. The van der Waals surface area contributed by atoms with Gasteiger partial charge in [0.05, 0.1) is 30.7 Å². The average molecular weight is 284 g/mol. The normalized spacial score (nSPS) is 10.4. The van der Waals surface area contributed by atoms with Crippen LogP contribution in [0.4, 0.5) is 0 Å². The predicted molar refractivity (Wildman–Crippen MR) is 63.9 cm³/mol. The molecule has 0 radical (unpaired) electrons. The summed E-state index contributed by atoms with van der Waals surface area (Å²) in [6.45, 7) is 0. The Balaban J connectivity index is 2.74. The van der Waals surface area contributed by atoms with Crippen molar-refractivity contribution >= 4 is 32.8 Å². The number of hydrogen-bond donors (Lipinski definition) is 1. The van der Waals surface area contributed by atoms with Crippen molar-refractivity contribution in [1.82, 2.24) is 4.98 Å². The summed E-state index contributed by atoms with van der Waals surface area (Å²) < 4.78 is 10.8. The van der Waals surface area contributed by atoms with Crippen molar-refractivity contribution in [1.29, 1.82) is 0 Å². The largest absolute Gasteiger partial charge is 0.496 e. The molecule has 2 aromatic rings. The lowest BCUT2D eigenvalue weighted by Gasteiger charge is -2.04. The number of esters is 1. The van der Waals surface area contributed by atoms with E-state index in [1.54, 1.807) is 13.3 Å². The van der Waals surface area contributed by atoms with Crippen molar-refractivity contribution in [2.24, 2.45) is 0 Å². The molecule has 0 saturated carbocycles. The molecule has 0 spiro atoms. The molecule has 1 aromatic carbocycles. The Hall–Kier alpha value is -1.49. The van der Waals surface area contributed by atoms with Gasteiger partial charge in [0, 0.05) is 10.7 Å². The third kappa shape index (κ3) is 1.67. The summed E-state index contributed by atoms with van der Waals surface area (Å²) in [5.74, 6) is 0.248. The summed E-state index contributed by atoms with van der Waals surface area (Å²) in [5, 5.41) is 0.734. The summed E-state index contributed by atoms with van der Waals surface area (Å²) in [6.07, 6.45) is 1.62. The maximum Gasteiger partial charge on any atom is 0.340 e. The quantitative estimate of drug-likeness (QED) is 0.863. The molecule has 84 valence electrons. The Morgan fingerprint density at radius 2 is 2.12 bits per heavy atom. The van der Waals surface area contributed by atoms with E-state index < -0.39 is 0 Å². The van der Waals surface area contributed by atoms with Gasteiger partial charge in [-0.15, -0.1) is 0 Å². The third-order valence-electron chi connectivity index (χ3n) is 2.33. The van der Waals surface area contributed by atoms with Gasteiger partial charge in [0.15, 0.2) is 0 Å². The summed E-state index contributed by atoms with van der Waals surface area (Å²) in [4.78, 5) is 14.5. The van der Waals surface area contributed by atoms with Crippen molar-refractivity contribution < 1.29 is 14.3 Å². The number of benzene rings is 1. The standard InChI is InChI=1S/C11H10BrNO3/c1-15-9-4-6(12)3-8-10(9)7(5-13-8)11(14)16-2/h3-5,13H,1-2H3. The summed E-state index contributed by atoms with van der Waals surface area (Å²) in [5.41, 5.74) is 1.30. The SMILES string of the molecule is COC(=O)c1c[nH]c2cc(Br)cc(OC)c12. The molecule has 0 aliphatic rings. The molecule has 0 atom stereocenters. The van der Waals surface area contributed by atoms with Crippen LogP contribution in [0, 0.1) is 0 Å². The van der Waals surface area contributed by atoms with Crippen molar-refractivity contribution in [2.45, 2.75) is 0 Å². The number of H-pyrrole nitrogens is 1.